The maximum Gasteiger partial charge on any atom is 0.0197 e. The molecule has 0 aromatic heterocycles. The number of rotatable bonds is 2. The zero-order valence-electron chi connectivity index (χ0n) is 9.22. The van der Waals surface area contributed by atoms with E-state index in [2.05, 4.69) is 31.2 Å². The number of nitrogens with zero attached hydrogens (tertiary/aromatic N) is 1. The van der Waals surface area contributed by atoms with Gasteiger partial charge in [-0.25, -0.2) is 0 Å². The van der Waals surface area contributed by atoms with Crippen molar-refractivity contribution in [2.75, 3.05) is 20.6 Å². The van der Waals surface area contributed by atoms with E-state index in [1.54, 1.807) is 0 Å². The van der Waals surface area contributed by atoms with Gasteiger partial charge in [-0.15, -0.1) is 0 Å². The van der Waals surface area contributed by atoms with Gasteiger partial charge in [-0.2, -0.15) is 0 Å². The zero-order chi connectivity index (χ0) is 9.56. The third-order valence-electron chi connectivity index (χ3n) is 2.05. The third-order valence-corrected chi connectivity index (χ3v) is 2.05. The first-order valence-corrected chi connectivity index (χ1v) is 5.09. The first-order valence-electron chi connectivity index (χ1n) is 5.09. The predicted molar refractivity (Wildman–Crippen MR) is 57.6 cm³/mol. The molecule has 1 saturated heterocycles. The topological polar surface area (TPSA) is 15.3 Å². The van der Waals surface area contributed by atoms with Crippen molar-refractivity contribution < 1.29 is 1.43 Å². The fourth-order valence-corrected chi connectivity index (χ4v) is 1.60. The van der Waals surface area contributed by atoms with Crippen LogP contribution in [0, 0.1) is 0 Å². The summed E-state index contributed by atoms with van der Waals surface area (Å²) in [5.41, 5.74) is 0. The van der Waals surface area contributed by atoms with E-state index in [9.17, 15) is 0 Å². The molecule has 0 saturated carbocycles. The molecule has 2 nitrogen and oxygen atoms in total. The fraction of sp³-hybridized carbons (Fsp3) is 1.00. The Bertz CT molecular complexity index is 107. The molecule has 0 bridgehead atoms. The molecule has 12 heavy (non-hydrogen) atoms. The third kappa shape index (κ3) is 4.73. The minimum atomic E-state index is 0. The van der Waals surface area contributed by atoms with Crippen molar-refractivity contribution in [3.05, 3.63) is 0 Å². The van der Waals surface area contributed by atoms with E-state index < -0.39 is 0 Å². The summed E-state index contributed by atoms with van der Waals surface area (Å²) in [7, 11) is 4.26. The molecule has 0 spiro atoms. The van der Waals surface area contributed by atoms with Gasteiger partial charge in [-0.1, -0.05) is 13.8 Å². The minimum absolute atomic E-state index is 0. The van der Waals surface area contributed by atoms with Crippen molar-refractivity contribution in [3.63, 3.8) is 0 Å². The molecule has 76 valence electrons. The number of nitrogens with one attached hydrogen (secondary N) is 1. The molecule has 1 N–H and O–H groups in total. The standard InChI is InChI=1S/C8H18N2.C2H6.H2/c1-7-4-5-8(9-7)6-10(2)3;1-2;/h7-9H,4-6H2,1-3H3;1-2H3;1H. The zero-order valence-corrected chi connectivity index (χ0v) is 9.22. The highest BCUT2D eigenvalue weighted by molar-refractivity contribution is 4.81. The SMILES string of the molecule is CC.CC1CCC(CN(C)C)N1.[HH]. The molecule has 1 heterocycles. The Hall–Kier alpha value is -0.0800. The predicted octanol–water partition coefficient (Wildman–Crippen LogP) is 1.96. The smallest absolute Gasteiger partial charge is 0.0197 e. The Morgan fingerprint density at radius 1 is 1.33 bits per heavy atom. The second kappa shape index (κ2) is 6.44. The molecule has 0 radical (unpaired) electrons. The van der Waals surface area contributed by atoms with E-state index in [1.807, 2.05) is 13.8 Å². The summed E-state index contributed by atoms with van der Waals surface area (Å²) in [5, 5.41) is 3.54. The van der Waals surface area contributed by atoms with E-state index in [0.29, 0.717) is 0 Å². The van der Waals surface area contributed by atoms with Crippen LogP contribution in [0.1, 0.15) is 35.0 Å². The molecule has 2 atom stereocenters. The van der Waals surface area contributed by atoms with Crippen LogP contribution < -0.4 is 5.32 Å². The molecule has 1 aliphatic rings. The molecule has 0 aliphatic carbocycles. The lowest BCUT2D eigenvalue weighted by Gasteiger charge is -2.16. The number of hydrogen-bond acceptors (Lipinski definition) is 2. The summed E-state index contributed by atoms with van der Waals surface area (Å²) >= 11 is 0. The monoisotopic (exact) mass is 174 g/mol. The summed E-state index contributed by atoms with van der Waals surface area (Å²) in [6, 6.07) is 1.48. The lowest BCUT2D eigenvalue weighted by atomic mass is 10.2. The van der Waals surface area contributed by atoms with Crippen molar-refractivity contribution in [3.8, 4) is 0 Å². The molecule has 0 aromatic rings. The summed E-state index contributed by atoms with van der Waals surface area (Å²) in [6.07, 6.45) is 2.69. The van der Waals surface area contributed by atoms with Gasteiger partial charge in [0.1, 0.15) is 0 Å². The van der Waals surface area contributed by atoms with Crippen molar-refractivity contribution in [1.82, 2.24) is 10.2 Å². The van der Waals surface area contributed by atoms with Gasteiger partial charge in [-0.3, -0.25) is 0 Å². The van der Waals surface area contributed by atoms with E-state index in [-0.39, 0.29) is 1.43 Å². The Morgan fingerprint density at radius 2 is 1.92 bits per heavy atom. The Balaban J connectivity index is 0. The first kappa shape index (κ1) is 11.9. The van der Waals surface area contributed by atoms with Gasteiger partial charge in [-0.05, 0) is 33.9 Å². The molecule has 0 amide bonds. The highest BCUT2D eigenvalue weighted by Crippen LogP contribution is 2.11. The second-order valence-corrected chi connectivity index (χ2v) is 3.60. The van der Waals surface area contributed by atoms with Crippen LogP contribution in [0.25, 0.3) is 0 Å². The Labute approximate surface area is 78.8 Å². The summed E-state index contributed by atoms with van der Waals surface area (Å²) < 4.78 is 0. The molecule has 1 aliphatic heterocycles. The molecular weight excluding hydrogens is 148 g/mol. The number of likely N-dealkylation sites (N-methyl/N-ethyl adjacent to an activating group) is 1. The average molecular weight is 174 g/mol. The van der Waals surface area contributed by atoms with Crippen LogP contribution in [0.4, 0.5) is 0 Å². The molecular formula is C10H26N2. The maximum absolute atomic E-state index is 3.54. The quantitative estimate of drug-likeness (QED) is 0.688. The fourth-order valence-electron chi connectivity index (χ4n) is 1.60. The van der Waals surface area contributed by atoms with Crippen molar-refractivity contribution in [2.45, 2.75) is 45.7 Å². The Morgan fingerprint density at radius 3 is 2.25 bits per heavy atom. The van der Waals surface area contributed by atoms with Crippen LogP contribution in [0.5, 0.6) is 0 Å². The molecule has 2 unspecified atom stereocenters. The van der Waals surface area contributed by atoms with Gasteiger partial charge in [0.15, 0.2) is 0 Å². The van der Waals surface area contributed by atoms with Crippen molar-refractivity contribution >= 4 is 0 Å². The van der Waals surface area contributed by atoms with Crippen molar-refractivity contribution in [1.29, 1.82) is 0 Å². The first-order chi connectivity index (χ1) is 5.68. The van der Waals surface area contributed by atoms with Gasteiger partial charge < -0.3 is 10.2 Å². The molecule has 2 heteroatoms. The van der Waals surface area contributed by atoms with E-state index in [1.165, 1.54) is 19.4 Å². The molecule has 1 rings (SSSR count). The van der Waals surface area contributed by atoms with Gasteiger partial charge >= 0.3 is 0 Å². The van der Waals surface area contributed by atoms with Crippen LogP contribution in [-0.2, 0) is 0 Å². The second-order valence-electron chi connectivity index (χ2n) is 3.60. The Kier molecular flexibility index (Phi) is 6.39. The van der Waals surface area contributed by atoms with Crippen LogP contribution >= 0.6 is 0 Å². The summed E-state index contributed by atoms with van der Waals surface area (Å²) in [5.74, 6) is 0. The lowest BCUT2D eigenvalue weighted by Crippen LogP contribution is -2.35. The molecule has 0 aromatic carbocycles. The average Bonchev–Trinajstić information content (AvgIpc) is 2.39. The van der Waals surface area contributed by atoms with Crippen LogP contribution in [0.15, 0.2) is 0 Å². The molecule has 1 fully saturated rings. The number of hydrogen-bond donors (Lipinski definition) is 1. The summed E-state index contributed by atoms with van der Waals surface area (Å²) in [6.45, 7) is 7.44. The largest absolute Gasteiger partial charge is 0.310 e. The van der Waals surface area contributed by atoms with Gasteiger partial charge in [0.25, 0.3) is 0 Å². The van der Waals surface area contributed by atoms with Gasteiger partial charge in [0.05, 0.1) is 0 Å². The normalized spacial score (nSPS) is 28.5. The van der Waals surface area contributed by atoms with Crippen molar-refractivity contribution in [2.24, 2.45) is 0 Å². The van der Waals surface area contributed by atoms with Crippen LogP contribution in [0.2, 0.25) is 0 Å². The van der Waals surface area contributed by atoms with E-state index >= 15 is 0 Å². The summed E-state index contributed by atoms with van der Waals surface area (Å²) in [4.78, 5) is 2.25. The highest BCUT2D eigenvalue weighted by atomic mass is 15.1. The lowest BCUT2D eigenvalue weighted by molar-refractivity contribution is 0.352. The maximum atomic E-state index is 3.54. The van der Waals surface area contributed by atoms with Gasteiger partial charge in [0, 0.05) is 20.1 Å². The van der Waals surface area contributed by atoms with E-state index in [0.717, 1.165) is 12.1 Å². The van der Waals surface area contributed by atoms with E-state index in [4.69, 9.17) is 0 Å². The highest BCUT2D eigenvalue weighted by Gasteiger charge is 2.19. The van der Waals surface area contributed by atoms with Crippen LogP contribution in [0.3, 0.4) is 0 Å². The van der Waals surface area contributed by atoms with Gasteiger partial charge in [0.2, 0.25) is 0 Å². The van der Waals surface area contributed by atoms with Crippen LogP contribution in [-0.4, -0.2) is 37.6 Å². The minimum Gasteiger partial charge on any atom is -0.310 e.